The average Bonchev–Trinajstić information content (AvgIpc) is 2.49. The molecule has 0 radical (unpaired) electrons. The van der Waals surface area contributed by atoms with Crippen molar-refractivity contribution in [2.45, 2.75) is 13.8 Å². The first-order chi connectivity index (χ1) is 6.66. The Labute approximate surface area is 85.0 Å². The van der Waals surface area contributed by atoms with Gasteiger partial charge in [0.2, 0.25) is 0 Å². The van der Waals surface area contributed by atoms with Crippen molar-refractivity contribution in [2.24, 2.45) is 7.05 Å². The maximum Gasteiger partial charge on any atom is 0.0477 e. The van der Waals surface area contributed by atoms with Gasteiger partial charge in [-0.1, -0.05) is 17.2 Å². The molecule has 1 aromatic carbocycles. The van der Waals surface area contributed by atoms with Crippen LogP contribution in [0.5, 0.6) is 0 Å². The Bertz CT molecular complexity index is 432. The third-order valence-electron chi connectivity index (χ3n) is 2.46. The van der Waals surface area contributed by atoms with Crippen LogP contribution in [0.15, 0.2) is 36.5 Å². The van der Waals surface area contributed by atoms with Crippen LogP contribution in [-0.2, 0) is 7.05 Å². The van der Waals surface area contributed by atoms with Crippen LogP contribution in [-0.4, -0.2) is 4.57 Å². The molecule has 1 nitrogen and oxygen atoms in total. The zero-order valence-electron chi connectivity index (χ0n) is 8.91. The summed E-state index contributed by atoms with van der Waals surface area (Å²) >= 11 is 0. The highest BCUT2D eigenvalue weighted by Crippen LogP contribution is 2.21. The van der Waals surface area contributed by atoms with E-state index in [2.05, 4.69) is 62.0 Å². The lowest BCUT2D eigenvalue weighted by atomic mass is 10.1. The van der Waals surface area contributed by atoms with Crippen molar-refractivity contribution < 1.29 is 0 Å². The van der Waals surface area contributed by atoms with E-state index in [1.54, 1.807) is 0 Å². The molecule has 0 fully saturated rings. The third-order valence-corrected chi connectivity index (χ3v) is 2.46. The summed E-state index contributed by atoms with van der Waals surface area (Å²) in [6.45, 7) is 4.28. The Morgan fingerprint density at radius 1 is 1.00 bits per heavy atom. The van der Waals surface area contributed by atoms with E-state index < -0.39 is 0 Å². The van der Waals surface area contributed by atoms with Crippen LogP contribution in [0.1, 0.15) is 11.1 Å². The summed E-state index contributed by atoms with van der Waals surface area (Å²) in [6.07, 6.45) is 2.08. The first-order valence-corrected chi connectivity index (χ1v) is 4.87. The van der Waals surface area contributed by atoms with E-state index in [0.717, 1.165) is 0 Å². The van der Waals surface area contributed by atoms with Gasteiger partial charge in [0.05, 0.1) is 0 Å². The Balaban J connectivity index is 2.57. The molecule has 0 N–H and O–H groups in total. The second-order valence-corrected chi connectivity index (χ2v) is 3.88. The van der Waals surface area contributed by atoms with E-state index >= 15 is 0 Å². The number of hydrogen-bond acceptors (Lipinski definition) is 0. The van der Waals surface area contributed by atoms with E-state index in [-0.39, 0.29) is 0 Å². The molecule has 1 heterocycles. The molecule has 2 rings (SSSR count). The highest BCUT2D eigenvalue weighted by Gasteiger charge is 2.01. The predicted molar refractivity (Wildman–Crippen MR) is 60.3 cm³/mol. The number of benzene rings is 1. The van der Waals surface area contributed by atoms with Crippen molar-refractivity contribution in [3.63, 3.8) is 0 Å². The maximum absolute atomic E-state index is 2.22. The lowest BCUT2D eigenvalue weighted by Crippen LogP contribution is -1.90. The summed E-state index contributed by atoms with van der Waals surface area (Å²) in [4.78, 5) is 0. The molecule has 1 aromatic heterocycles. The van der Waals surface area contributed by atoms with Crippen molar-refractivity contribution in [1.29, 1.82) is 0 Å². The quantitative estimate of drug-likeness (QED) is 0.642. The number of aromatic nitrogens is 1. The smallest absolute Gasteiger partial charge is 0.0477 e. The number of rotatable bonds is 1. The summed E-state index contributed by atoms with van der Waals surface area (Å²) in [5.41, 5.74) is 5.22. The van der Waals surface area contributed by atoms with Gasteiger partial charge in [0.1, 0.15) is 0 Å². The van der Waals surface area contributed by atoms with Gasteiger partial charge in [-0.05, 0) is 43.7 Å². The minimum atomic E-state index is 1.27. The maximum atomic E-state index is 2.22. The number of aryl methyl sites for hydroxylation is 3. The fourth-order valence-corrected chi connectivity index (χ4v) is 1.88. The van der Waals surface area contributed by atoms with Gasteiger partial charge in [0.25, 0.3) is 0 Å². The second kappa shape index (κ2) is 3.33. The summed E-state index contributed by atoms with van der Waals surface area (Å²) < 4.78 is 2.15. The van der Waals surface area contributed by atoms with Gasteiger partial charge in [0.15, 0.2) is 0 Å². The molecule has 0 atom stereocenters. The van der Waals surface area contributed by atoms with Gasteiger partial charge < -0.3 is 4.57 Å². The molecule has 0 amide bonds. The van der Waals surface area contributed by atoms with Gasteiger partial charge in [0, 0.05) is 18.9 Å². The number of nitrogens with zero attached hydrogens (tertiary/aromatic N) is 1. The Morgan fingerprint density at radius 2 is 1.64 bits per heavy atom. The summed E-state index contributed by atoms with van der Waals surface area (Å²) in [7, 11) is 2.08. The lowest BCUT2D eigenvalue weighted by Gasteiger charge is -2.06. The first-order valence-electron chi connectivity index (χ1n) is 4.87. The van der Waals surface area contributed by atoms with Crippen LogP contribution in [0.25, 0.3) is 11.3 Å². The van der Waals surface area contributed by atoms with Gasteiger partial charge in [-0.2, -0.15) is 0 Å². The molecule has 0 saturated heterocycles. The molecule has 72 valence electrons. The van der Waals surface area contributed by atoms with Crippen molar-refractivity contribution in [2.75, 3.05) is 0 Å². The van der Waals surface area contributed by atoms with Crippen LogP contribution in [0.3, 0.4) is 0 Å². The fourth-order valence-electron chi connectivity index (χ4n) is 1.88. The highest BCUT2D eigenvalue weighted by molar-refractivity contribution is 5.62. The van der Waals surface area contributed by atoms with E-state index in [1.807, 2.05) is 0 Å². The Morgan fingerprint density at radius 3 is 2.14 bits per heavy atom. The molecule has 0 aliphatic carbocycles. The molecule has 0 aliphatic rings. The molecule has 1 heteroatoms. The molecule has 0 spiro atoms. The minimum Gasteiger partial charge on any atom is -0.351 e. The zero-order chi connectivity index (χ0) is 10.1. The largest absolute Gasteiger partial charge is 0.351 e. The van der Waals surface area contributed by atoms with Crippen LogP contribution in [0, 0.1) is 13.8 Å². The molecule has 0 unspecified atom stereocenters. The van der Waals surface area contributed by atoms with Crippen molar-refractivity contribution in [3.05, 3.63) is 47.7 Å². The molecule has 0 bridgehead atoms. The minimum absolute atomic E-state index is 1.27. The Hall–Kier alpha value is -1.50. The highest BCUT2D eigenvalue weighted by atomic mass is 14.9. The predicted octanol–water partition coefficient (Wildman–Crippen LogP) is 3.31. The van der Waals surface area contributed by atoms with Gasteiger partial charge in [-0.25, -0.2) is 0 Å². The van der Waals surface area contributed by atoms with Crippen LogP contribution in [0.4, 0.5) is 0 Å². The lowest BCUT2D eigenvalue weighted by molar-refractivity contribution is 0.936. The standard InChI is InChI=1S/C13H15N/c1-10-7-11(2)9-12(8-10)13-5-4-6-14(13)3/h4-9H,1-3H3. The SMILES string of the molecule is Cc1cc(C)cc(-c2cccn2C)c1. The molecule has 0 aliphatic heterocycles. The van der Waals surface area contributed by atoms with Crippen molar-refractivity contribution in [1.82, 2.24) is 4.57 Å². The van der Waals surface area contributed by atoms with E-state index in [9.17, 15) is 0 Å². The summed E-state index contributed by atoms with van der Waals surface area (Å²) in [5.74, 6) is 0. The summed E-state index contributed by atoms with van der Waals surface area (Å²) in [6, 6.07) is 10.9. The summed E-state index contributed by atoms with van der Waals surface area (Å²) in [5, 5.41) is 0. The fraction of sp³-hybridized carbons (Fsp3) is 0.231. The van der Waals surface area contributed by atoms with Gasteiger partial charge >= 0.3 is 0 Å². The van der Waals surface area contributed by atoms with E-state index in [0.29, 0.717) is 0 Å². The van der Waals surface area contributed by atoms with Crippen LogP contribution < -0.4 is 0 Å². The molecule has 14 heavy (non-hydrogen) atoms. The third kappa shape index (κ3) is 1.58. The van der Waals surface area contributed by atoms with E-state index in [4.69, 9.17) is 0 Å². The molecule has 2 aromatic rings. The van der Waals surface area contributed by atoms with Crippen molar-refractivity contribution >= 4 is 0 Å². The average molecular weight is 185 g/mol. The monoisotopic (exact) mass is 185 g/mol. The topological polar surface area (TPSA) is 4.93 Å². The second-order valence-electron chi connectivity index (χ2n) is 3.88. The Kier molecular flexibility index (Phi) is 2.16. The molecular formula is C13H15N. The van der Waals surface area contributed by atoms with Crippen LogP contribution >= 0.6 is 0 Å². The first kappa shape index (κ1) is 9.07. The van der Waals surface area contributed by atoms with Crippen molar-refractivity contribution in [3.8, 4) is 11.3 Å². The van der Waals surface area contributed by atoms with Gasteiger partial charge in [-0.3, -0.25) is 0 Å². The molecule has 0 saturated carbocycles. The van der Waals surface area contributed by atoms with E-state index in [1.165, 1.54) is 22.4 Å². The number of hydrogen-bond donors (Lipinski definition) is 0. The van der Waals surface area contributed by atoms with Gasteiger partial charge in [-0.15, -0.1) is 0 Å². The normalized spacial score (nSPS) is 10.5. The zero-order valence-corrected chi connectivity index (χ0v) is 8.91. The van der Waals surface area contributed by atoms with Crippen LogP contribution in [0.2, 0.25) is 0 Å². The molecular weight excluding hydrogens is 170 g/mol.